The predicted octanol–water partition coefficient (Wildman–Crippen LogP) is 2.87. The molecule has 1 aliphatic heterocycles. The molecule has 3 nitrogen and oxygen atoms in total. The van der Waals surface area contributed by atoms with Crippen LogP contribution >= 0.6 is 11.8 Å². The number of hydrogen-bond acceptors (Lipinski definition) is 3. The summed E-state index contributed by atoms with van der Waals surface area (Å²) in [5, 5.41) is 6.23. The first-order chi connectivity index (χ1) is 9.72. The van der Waals surface area contributed by atoms with Gasteiger partial charge in [0.05, 0.1) is 0 Å². The summed E-state index contributed by atoms with van der Waals surface area (Å²) in [4.78, 5) is 12.3. The number of rotatable bonds is 6. The zero-order chi connectivity index (χ0) is 14.4. The number of nitrogens with one attached hydrogen (secondary N) is 2. The fourth-order valence-corrected chi connectivity index (χ4v) is 3.45. The van der Waals surface area contributed by atoms with Gasteiger partial charge in [0.2, 0.25) is 5.91 Å². The number of fused-ring (bicyclic) bond motifs is 1. The van der Waals surface area contributed by atoms with Crippen LogP contribution in [0.15, 0.2) is 23.1 Å². The van der Waals surface area contributed by atoms with Crippen molar-refractivity contribution in [3.8, 4) is 0 Å². The van der Waals surface area contributed by atoms with Crippen LogP contribution in [-0.4, -0.2) is 24.7 Å². The van der Waals surface area contributed by atoms with Crippen molar-refractivity contribution < 1.29 is 9.18 Å². The van der Waals surface area contributed by atoms with Crippen LogP contribution in [0, 0.1) is 5.82 Å². The van der Waals surface area contributed by atoms with Crippen LogP contribution in [0.2, 0.25) is 0 Å². The summed E-state index contributed by atoms with van der Waals surface area (Å²) < 4.78 is 13.7. The average Bonchev–Trinajstić information content (AvgIpc) is 2.46. The number of thioether (sulfide) groups is 1. The molecule has 2 N–H and O–H groups in total. The summed E-state index contributed by atoms with van der Waals surface area (Å²) in [5.74, 6) is 0.844. The smallest absolute Gasteiger partial charge is 0.221 e. The predicted molar refractivity (Wildman–Crippen MR) is 80.4 cm³/mol. The van der Waals surface area contributed by atoms with Crippen LogP contribution in [0.25, 0.3) is 0 Å². The lowest BCUT2D eigenvalue weighted by Crippen LogP contribution is -2.31. The van der Waals surface area contributed by atoms with Crippen molar-refractivity contribution >= 4 is 17.7 Å². The van der Waals surface area contributed by atoms with Gasteiger partial charge in [-0.25, -0.2) is 4.39 Å². The van der Waals surface area contributed by atoms with Gasteiger partial charge in [0, 0.05) is 30.4 Å². The van der Waals surface area contributed by atoms with Gasteiger partial charge < -0.3 is 10.6 Å². The third kappa shape index (κ3) is 3.96. The van der Waals surface area contributed by atoms with Gasteiger partial charge in [-0.1, -0.05) is 19.1 Å². The van der Waals surface area contributed by atoms with Crippen molar-refractivity contribution in [2.75, 3.05) is 18.8 Å². The van der Waals surface area contributed by atoms with Gasteiger partial charge in [0.1, 0.15) is 5.82 Å². The van der Waals surface area contributed by atoms with E-state index in [0.29, 0.717) is 13.0 Å². The summed E-state index contributed by atoms with van der Waals surface area (Å²) >= 11 is 1.58. The largest absolute Gasteiger partial charge is 0.356 e. The van der Waals surface area contributed by atoms with E-state index in [-0.39, 0.29) is 17.8 Å². The van der Waals surface area contributed by atoms with Crippen LogP contribution in [0.1, 0.15) is 37.8 Å². The van der Waals surface area contributed by atoms with Gasteiger partial charge in [-0.05, 0) is 30.2 Å². The van der Waals surface area contributed by atoms with Crippen LogP contribution < -0.4 is 10.6 Å². The molecule has 0 radical (unpaired) electrons. The molecule has 1 amide bonds. The zero-order valence-electron chi connectivity index (χ0n) is 11.7. The molecule has 2 rings (SSSR count). The number of carbonyl (C=O) groups is 1. The molecule has 1 unspecified atom stereocenters. The second kappa shape index (κ2) is 7.64. The molecule has 1 atom stereocenters. The van der Waals surface area contributed by atoms with Gasteiger partial charge in [-0.3, -0.25) is 4.79 Å². The Kier molecular flexibility index (Phi) is 5.86. The maximum absolute atomic E-state index is 13.7. The highest BCUT2D eigenvalue weighted by Gasteiger charge is 2.22. The first kappa shape index (κ1) is 15.3. The Labute approximate surface area is 123 Å². The first-order valence-electron chi connectivity index (χ1n) is 7.13. The third-order valence-electron chi connectivity index (χ3n) is 3.34. The van der Waals surface area contributed by atoms with Crippen molar-refractivity contribution in [1.29, 1.82) is 0 Å². The number of benzene rings is 1. The topological polar surface area (TPSA) is 41.1 Å². The molecule has 0 saturated heterocycles. The first-order valence-corrected chi connectivity index (χ1v) is 8.12. The average molecular weight is 296 g/mol. The van der Waals surface area contributed by atoms with Gasteiger partial charge in [0.25, 0.3) is 0 Å². The van der Waals surface area contributed by atoms with Crippen molar-refractivity contribution in [3.63, 3.8) is 0 Å². The number of hydrogen-bond donors (Lipinski definition) is 2. The summed E-state index contributed by atoms with van der Waals surface area (Å²) in [6.07, 6.45) is 2.39. The van der Waals surface area contributed by atoms with Crippen LogP contribution in [0.4, 0.5) is 4.39 Å². The minimum atomic E-state index is -0.139. The molecule has 5 heteroatoms. The molecule has 1 aliphatic rings. The van der Waals surface area contributed by atoms with E-state index < -0.39 is 0 Å². The summed E-state index contributed by atoms with van der Waals surface area (Å²) in [5.41, 5.74) is 1.02. The molecule has 1 aromatic carbocycles. The highest BCUT2D eigenvalue weighted by atomic mass is 32.2. The monoisotopic (exact) mass is 296 g/mol. The molecule has 0 fully saturated rings. The Balaban J connectivity index is 1.86. The maximum Gasteiger partial charge on any atom is 0.221 e. The van der Waals surface area contributed by atoms with Crippen molar-refractivity contribution in [1.82, 2.24) is 10.6 Å². The van der Waals surface area contributed by atoms with E-state index in [1.165, 1.54) is 6.07 Å². The Hall–Kier alpha value is -1.07. The molecular formula is C15H21FN2OS. The summed E-state index contributed by atoms with van der Waals surface area (Å²) in [6, 6.07) is 5.38. The standard InChI is InChI=1S/C15H21FN2OS/c1-2-8-18-14(19)6-9-17-13-7-10-20-15-11(13)4-3-5-12(15)16/h3-5,13,17H,2,6-10H2,1H3,(H,18,19). The van der Waals surface area contributed by atoms with E-state index in [1.807, 2.05) is 13.0 Å². The van der Waals surface area contributed by atoms with Gasteiger partial charge in [-0.15, -0.1) is 11.8 Å². The lowest BCUT2D eigenvalue weighted by Gasteiger charge is -2.26. The quantitative estimate of drug-likeness (QED) is 0.848. The lowest BCUT2D eigenvalue weighted by atomic mass is 10.0. The fraction of sp³-hybridized carbons (Fsp3) is 0.533. The molecule has 110 valence electrons. The van der Waals surface area contributed by atoms with E-state index in [0.717, 1.165) is 35.6 Å². The Morgan fingerprint density at radius 2 is 2.30 bits per heavy atom. The van der Waals surface area contributed by atoms with Crippen molar-refractivity contribution in [2.24, 2.45) is 0 Å². The number of carbonyl (C=O) groups excluding carboxylic acids is 1. The van der Waals surface area contributed by atoms with E-state index in [9.17, 15) is 9.18 Å². The molecular weight excluding hydrogens is 275 g/mol. The van der Waals surface area contributed by atoms with E-state index in [4.69, 9.17) is 0 Å². The van der Waals surface area contributed by atoms with E-state index in [2.05, 4.69) is 10.6 Å². The third-order valence-corrected chi connectivity index (χ3v) is 4.50. The highest BCUT2D eigenvalue weighted by molar-refractivity contribution is 7.99. The highest BCUT2D eigenvalue weighted by Crippen LogP contribution is 2.37. The van der Waals surface area contributed by atoms with Crippen LogP contribution in [-0.2, 0) is 4.79 Å². The Morgan fingerprint density at radius 3 is 3.10 bits per heavy atom. The van der Waals surface area contributed by atoms with E-state index in [1.54, 1.807) is 17.8 Å². The minimum Gasteiger partial charge on any atom is -0.356 e. The minimum absolute atomic E-state index is 0.0731. The summed E-state index contributed by atoms with van der Waals surface area (Å²) in [6.45, 7) is 3.39. The van der Waals surface area contributed by atoms with Crippen molar-refractivity contribution in [2.45, 2.75) is 37.1 Å². The van der Waals surface area contributed by atoms with Gasteiger partial charge in [-0.2, -0.15) is 0 Å². The summed E-state index contributed by atoms with van der Waals surface area (Å²) in [7, 11) is 0. The number of amides is 1. The molecule has 0 bridgehead atoms. The van der Waals surface area contributed by atoms with Crippen LogP contribution in [0.3, 0.4) is 0 Å². The molecule has 20 heavy (non-hydrogen) atoms. The fourth-order valence-electron chi connectivity index (χ4n) is 2.31. The van der Waals surface area contributed by atoms with E-state index >= 15 is 0 Å². The van der Waals surface area contributed by atoms with Gasteiger partial charge >= 0.3 is 0 Å². The second-order valence-corrected chi connectivity index (χ2v) is 6.01. The molecule has 1 heterocycles. The molecule has 0 saturated carbocycles. The maximum atomic E-state index is 13.7. The van der Waals surface area contributed by atoms with Gasteiger partial charge in [0.15, 0.2) is 0 Å². The zero-order valence-corrected chi connectivity index (χ0v) is 12.6. The number of halogens is 1. The Bertz CT molecular complexity index is 467. The normalized spacial score (nSPS) is 17.6. The lowest BCUT2D eigenvalue weighted by molar-refractivity contribution is -0.121. The molecule has 1 aromatic rings. The SMILES string of the molecule is CCCNC(=O)CCNC1CCSc2c(F)cccc21. The second-order valence-electron chi connectivity index (χ2n) is 4.90. The van der Waals surface area contributed by atoms with Crippen molar-refractivity contribution in [3.05, 3.63) is 29.6 Å². The Morgan fingerprint density at radius 1 is 1.45 bits per heavy atom. The molecule has 0 aliphatic carbocycles. The molecule has 0 aromatic heterocycles. The van der Waals surface area contributed by atoms with Crippen LogP contribution in [0.5, 0.6) is 0 Å². The molecule has 0 spiro atoms.